The number of aliphatic imine (C=N–C) groups is 1. The van der Waals surface area contributed by atoms with Crippen molar-refractivity contribution in [3.63, 3.8) is 0 Å². The molecule has 2 saturated carbocycles. The zero-order valence-corrected chi connectivity index (χ0v) is 12.1. The van der Waals surface area contributed by atoms with Gasteiger partial charge in [-0.3, -0.25) is 4.79 Å². The summed E-state index contributed by atoms with van der Waals surface area (Å²) in [5, 5.41) is 2.01. The SMILES string of the molecule is CCOC(=O)C1C(=O)N=C(N[C@H]2C[C@@H]3CC[C@H]2C3)[S+]1[O-]. The highest BCUT2D eigenvalue weighted by atomic mass is 32.2. The fourth-order valence-electron chi connectivity index (χ4n) is 3.48. The molecule has 1 amide bonds. The van der Waals surface area contributed by atoms with E-state index in [1.807, 2.05) is 0 Å². The van der Waals surface area contributed by atoms with Crippen molar-refractivity contribution in [1.29, 1.82) is 0 Å². The minimum Gasteiger partial charge on any atom is -0.608 e. The van der Waals surface area contributed by atoms with Gasteiger partial charge < -0.3 is 14.6 Å². The number of carbonyl (C=O) groups excluding carboxylic acids is 2. The van der Waals surface area contributed by atoms with Crippen LogP contribution in [0.25, 0.3) is 0 Å². The molecule has 3 aliphatic rings. The number of ether oxygens (including phenoxy) is 1. The quantitative estimate of drug-likeness (QED) is 0.461. The van der Waals surface area contributed by atoms with Gasteiger partial charge in [-0.15, -0.1) is 4.99 Å². The number of amides is 1. The molecule has 2 unspecified atom stereocenters. The van der Waals surface area contributed by atoms with Gasteiger partial charge in [0.25, 0.3) is 5.25 Å². The number of amidine groups is 1. The summed E-state index contributed by atoms with van der Waals surface area (Å²) in [6.45, 7) is 1.81. The third-order valence-corrected chi connectivity index (χ3v) is 5.80. The van der Waals surface area contributed by atoms with Crippen molar-refractivity contribution in [3.8, 4) is 0 Å². The maximum atomic E-state index is 12.2. The first-order valence-electron chi connectivity index (χ1n) is 7.06. The molecule has 0 spiro atoms. The Morgan fingerprint density at radius 2 is 2.30 bits per heavy atom. The Hall–Kier alpha value is -1.08. The standard InChI is InChI=1S/C13H18N2O4S/c1-2-19-12(17)10-11(16)15-13(20(10)18)14-9-6-7-3-4-8(9)5-7/h7-10H,2-6H2,1H3,(H,14,15,16)/t7-,8+,9+,10?,20?/m1/s1. The predicted molar refractivity (Wildman–Crippen MR) is 73.4 cm³/mol. The Labute approximate surface area is 120 Å². The van der Waals surface area contributed by atoms with Crippen molar-refractivity contribution in [1.82, 2.24) is 5.32 Å². The first kappa shape index (κ1) is 13.9. The van der Waals surface area contributed by atoms with Gasteiger partial charge in [-0.25, -0.2) is 4.79 Å². The number of hydrogen-bond donors (Lipinski definition) is 1. The molecule has 3 rings (SSSR count). The summed E-state index contributed by atoms with van der Waals surface area (Å²) >= 11 is -1.74. The van der Waals surface area contributed by atoms with Crippen molar-refractivity contribution >= 4 is 28.2 Å². The second-order valence-electron chi connectivity index (χ2n) is 5.61. The van der Waals surface area contributed by atoms with E-state index in [1.165, 1.54) is 19.3 Å². The lowest BCUT2D eigenvalue weighted by Gasteiger charge is -2.23. The zero-order chi connectivity index (χ0) is 14.3. The monoisotopic (exact) mass is 298 g/mol. The van der Waals surface area contributed by atoms with E-state index in [1.54, 1.807) is 6.92 Å². The van der Waals surface area contributed by atoms with Crippen molar-refractivity contribution in [3.05, 3.63) is 0 Å². The smallest absolute Gasteiger partial charge is 0.370 e. The molecule has 1 heterocycles. The molecule has 0 saturated heterocycles. The number of rotatable bonds is 3. The average Bonchev–Trinajstić information content (AvgIpc) is 3.06. The number of nitrogens with zero attached hydrogens (tertiary/aromatic N) is 1. The molecule has 6 nitrogen and oxygen atoms in total. The summed E-state index contributed by atoms with van der Waals surface area (Å²) in [5.41, 5.74) is 0. The van der Waals surface area contributed by atoms with Gasteiger partial charge in [-0.05, 0) is 38.0 Å². The summed E-state index contributed by atoms with van der Waals surface area (Å²) in [7, 11) is 0. The van der Waals surface area contributed by atoms with Gasteiger partial charge in [0, 0.05) is 17.2 Å². The van der Waals surface area contributed by atoms with E-state index in [0.29, 0.717) is 5.92 Å². The highest BCUT2D eigenvalue weighted by Crippen LogP contribution is 2.44. The van der Waals surface area contributed by atoms with Crippen molar-refractivity contribution in [2.75, 3.05) is 6.61 Å². The molecule has 2 fully saturated rings. The summed E-state index contributed by atoms with van der Waals surface area (Å²) in [5.74, 6) is -0.0855. The van der Waals surface area contributed by atoms with Crippen LogP contribution in [0, 0.1) is 11.8 Å². The lowest BCUT2D eigenvalue weighted by atomic mass is 9.96. The van der Waals surface area contributed by atoms with E-state index < -0.39 is 28.3 Å². The molecular formula is C13H18N2O4S. The largest absolute Gasteiger partial charge is 0.608 e. The molecule has 2 bridgehead atoms. The Morgan fingerprint density at radius 3 is 2.90 bits per heavy atom. The van der Waals surface area contributed by atoms with E-state index in [-0.39, 0.29) is 17.8 Å². The number of hydrogen-bond acceptors (Lipinski definition) is 5. The Balaban J connectivity index is 1.65. The van der Waals surface area contributed by atoms with Crippen LogP contribution in [0.5, 0.6) is 0 Å². The molecule has 1 N–H and O–H groups in total. The molecule has 1 aliphatic heterocycles. The molecule has 0 radical (unpaired) electrons. The summed E-state index contributed by atoms with van der Waals surface area (Å²) in [6.07, 6.45) is 4.69. The fraction of sp³-hybridized carbons (Fsp3) is 0.769. The maximum Gasteiger partial charge on any atom is 0.370 e. The minimum absolute atomic E-state index is 0.158. The normalized spacial score (nSPS) is 39.0. The van der Waals surface area contributed by atoms with Gasteiger partial charge in [0.05, 0.1) is 6.61 Å². The zero-order valence-electron chi connectivity index (χ0n) is 11.3. The Morgan fingerprint density at radius 1 is 1.50 bits per heavy atom. The Kier molecular flexibility index (Phi) is 3.72. The maximum absolute atomic E-state index is 12.2. The number of nitrogens with one attached hydrogen (secondary N) is 1. The van der Waals surface area contributed by atoms with Crippen LogP contribution in [0.3, 0.4) is 0 Å². The molecular weight excluding hydrogens is 280 g/mol. The molecule has 0 aromatic heterocycles. The van der Waals surface area contributed by atoms with Crippen LogP contribution in [-0.2, 0) is 25.5 Å². The van der Waals surface area contributed by atoms with Gasteiger partial charge in [0.2, 0.25) is 0 Å². The van der Waals surface area contributed by atoms with E-state index in [9.17, 15) is 14.1 Å². The highest BCUT2D eigenvalue weighted by molar-refractivity contribution is 8.08. The summed E-state index contributed by atoms with van der Waals surface area (Å²) in [6, 6.07) is 0.241. The topological polar surface area (TPSA) is 90.8 Å². The third kappa shape index (κ3) is 2.33. The molecule has 0 aromatic rings. The lowest BCUT2D eigenvalue weighted by Crippen LogP contribution is -2.44. The van der Waals surface area contributed by atoms with Crippen LogP contribution < -0.4 is 5.32 Å². The van der Waals surface area contributed by atoms with E-state index in [4.69, 9.17) is 4.74 Å². The molecule has 110 valence electrons. The van der Waals surface area contributed by atoms with Crippen LogP contribution in [0.15, 0.2) is 4.99 Å². The van der Waals surface area contributed by atoms with E-state index in [0.717, 1.165) is 12.3 Å². The van der Waals surface area contributed by atoms with Gasteiger partial charge >= 0.3 is 17.0 Å². The second kappa shape index (κ2) is 5.37. The molecule has 2 aliphatic carbocycles. The van der Waals surface area contributed by atoms with Crippen LogP contribution in [0.1, 0.15) is 32.6 Å². The second-order valence-corrected chi connectivity index (χ2v) is 7.06. The first-order valence-corrected chi connectivity index (χ1v) is 8.27. The average molecular weight is 298 g/mol. The highest BCUT2D eigenvalue weighted by Gasteiger charge is 2.50. The van der Waals surface area contributed by atoms with Crippen LogP contribution in [-0.4, -0.2) is 39.5 Å². The molecule has 20 heavy (non-hydrogen) atoms. The van der Waals surface area contributed by atoms with Crippen LogP contribution in [0.2, 0.25) is 0 Å². The van der Waals surface area contributed by atoms with Gasteiger partial charge in [-0.2, -0.15) is 0 Å². The van der Waals surface area contributed by atoms with Gasteiger partial charge in [-0.1, -0.05) is 6.42 Å². The van der Waals surface area contributed by atoms with Crippen LogP contribution in [0.4, 0.5) is 0 Å². The van der Waals surface area contributed by atoms with Crippen molar-refractivity contribution < 1.29 is 18.9 Å². The third-order valence-electron chi connectivity index (χ3n) is 4.39. The summed E-state index contributed by atoms with van der Waals surface area (Å²) < 4.78 is 17.0. The molecule has 7 heteroatoms. The van der Waals surface area contributed by atoms with Gasteiger partial charge in [0.1, 0.15) is 0 Å². The van der Waals surface area contributed by atoms with E-state index in [2.05, 4.69) is 10.3 Å². The Bertz CT molecular complexity index is 467. The number of fused-ring (bicyclic) bond motifs is 2. The lowest BCUT2D eigenvalue weighted by molar-refractivity contribution is -0.144. The predicted octanol–water partition coefficient (Wildman–Crippen LogP) is 0.341. The van der Waals surface area contributed by atoms with E-state index >= 15 is 0 Å². The van der Waals surface area contributed by atoms with Crippen molar-refractivity contribution in [2.24, 2.45) is 16.8 Å². The number of carbonyl (C=O) groups is 2. The van der Waals surface area contributed by atoms with Gasteiger partial charge in [0.15, 0.2) is 0 Å². The van der Waals surface area contributed by atoms with Crippen molar-refractivity contribution in [2.45, 2.75) is 43.9 Å². The fourth-order valence-corrected chi connectivity index (χ4v) is 4.63. The van der Waals surface area contributed by atoms with Crippen LogP contribution >= 0.6 is 0 Å². The number of esters is 1. The first-order chi connectivity index (χ1) is 9.60. The summed E-state index contributed by atoms with van der Waals surface area (Å²) in [4.78, 5) is 27.1. The molecule has 0 aromatic carbocycles. The minimum atomic E-state index is -1.74. The molecule has 5 atom stereocenters.